The average molecular weight is 612 g/mol. The lowest BCUT2D eigenvalue weighted by atomic mass is 10.0. The molecule has 2 amide bonds. The van der Waals surface area contributed by atoms with Crippen LogP contribution in [0.25, 0.3) is 0 Å². The van der Waals surface area contributed by atoms with Gasteiger partial charge in [-0.3, -0.25) is 9.59 Å². The third-order valence-electron chi connectivity index (χ3n) is 6.04. The molecule has 0 aliphatic carbocycles. The Morgan fingerprint density at radius 2 is 0.905 bits per heavy atom. The van der Waals surface area contributed by atoms with Gasteiger partial charge in [-0.1, -0.05) is 96.5 Å². The quantitative estimate of drug-likeness (QED) is 0.194. The Balaban J connectivity index is 0.00000441. The Kier molecular flexibility index (Phi) is 16.6. The average Bonchev–Trinajstić information content (AvgIpc) is 2.99. The summed E-state index contributed by atoms with van der Waals surface area (Å²) in [5.41, 5.74) is 16.2. The van der Waals surface area contributed by atoms with Crippen LogP contribution in [0.2, 0.25) is 0 Å². The number of rotatable bonds is 10. The summed E-state index contributed by atoms with van der Waals surface area (Å²) in [6.45, 7) is 1.70. The minimum Gasteiger partial charge on any atom is -0.376 e. The maximum Gasteiger partial charge on any atom is 0.232 e. The molecule has 3 rings (SSSR count). The molecule has 2 unspecified atom stereocenters. The highest BCUT2D eigenvalue weighted by molar-refractivity contribution is 5.85. The van der Waals surface area contributed by atoms with Crippen LogP contribution in [0.15, 0.2) is 72.8 Å². The number of carbonyl (C=O) groups excluding carboxylic acids is 2. The van der Waals surface area contributed by atoms with Crippen LogP contribution in [0.5, 0.6) is 0 Å². The first kappa shape index (κ1) is 36.2. The molecule has 0 saturated heterocycles. The molecule has 0 saturated carbocycles. The number of hydrogen-bond donors (Lipinski definition) is 6. The van der Waals surface area contributed by atoms with Gasteiger partial charge in [0.05, 0.1) is 12.8 Å². The third kappa shape index (κ3) is 12.3. The molecule has 222 valence electrons. The number of amides is 2. The molecule has 8 N–H and O–H groups in total. The first-order chi connectivity index (χ1) is 19.4. The molecule has 10 heteroatoms. The number of halogens is 2. The van der Waals surface area contributed by atoms with Crippen LogP contribution in [-0.2, 0) is 35.8 Å². The van der Waals surface area contributed by atoms with Crippen molar-refractivity contribution in [3.8, 4) is 23.7 Å². The predicted molar refractivity (Wildman–Crippen MR) is 168 cm³/mol. The Morgan fingerprint density at radius 3 is 1.21 bits per heavy atom. The van der Waals surface area contributed by atoms with Crippen molar-refractivity contribution in [3.05, 3.63) is 106 Å². The summed E-state index contributed by atoms with van der Waals surface area (Å²) in [6, 6.07) is 21.8. The fraction of sp³-hybridized carbons (Fsp3) is 0.250. The summed E-state index contributed by atoms with van der Waals surface area (Å²) in [5.74, 6) is 10.2. The molecular weight excluding hydrogens is 575 g/mol. The van der Waals surface area contributed by atoms with Gasteiger partial charge in [-0.25, -0.2) is 0 Å². The molecule has 0 bridgehead atoms. The molecule has 8 nitrogen and oxygen atoms in total. The van der Waals surface area contributed by atoms with Crippen molar-refractivity contribution in [2.45, 2.75) is 51.2 Å². The SMILES string of the molecule is Cl.Cl.NCc1ccc(CNC(=O)CC#CC(O)c2ccc(C(O)C#CCC(=O)NCc3ccc(CN)cc3)cc2)cc1. The lowest BCUT2D eigenvalue weighted by molar-refractivity contribution is -0.121. The van der Waals surface area contributed by atoms with Crippen molar-refractivity contribution < 1.29 is 19.8 Å². The van der Waals surface area contributed by atoms with Crippen molar-refractivity contribution >= 4 is 36.6 Å². The van der Waals surface area contributed by atoms with Crippen LogP contribution >= 0.6 is 24.8 Å². The van der Waals surface area contributed by atoms with E-state index in [1.54, 1.807) is 24.3 Å². The van der Waals surface area contributed by atoms with Crippen molar-refractivity contribution in [3.63, 3.8) is 0 Å². The smallest absolute Gasteiger partial charge is 0.232 e. The molecule has 0 spiro atoms. The van der Waals surface area contributed by atoms with E-state index < -0.39 is 12.2 Å². The second-order valence-electron chi connectivity index (χ2n) is 9.06. The second-order valence-corrected chi connectivity index (χ2v) is 9.06. The molecular formula is C32H36Cl2N4O4. The number of hydrogen-bond acceptors (Lipinski definition) is 6. The molecule has 0 aliphatic rings. The van der Waals surface area contributed by atoms with E-state index in [1.807, 2.05) is 48.5 Å². The summed E-state index contributed by atoms with van der Waals surface area (Å²) >= 11 is 0. The van der Waals surface area contributed by atoms with Gasteiger partial charge in [0.1, 0.15) is 12.2 Å². The zero-order valence-corrected chi connectivity index (χ0v) is 24.6. The Morgan fingerprint density at radius 1 is 0.595 bits per heavy atom. The number of nitrogens with two attached hydrogens (primary N) is 2. The highest BCUT2D eigenvalue weighted by Crippen LogP contribution is 2.17. The summed E-state index contributed by atoms with van der Waals surface area (Å²) < 4.78 is 0. The highest BCUT2D eigenvalue weighted by Gasteiger charge is 2.08. The highest BCUT2D eigenvalue weighted by atomic mass is 35.5. The topological polar surface area (TPSA) is 151 Å². The van der Waals surface area contributed by atoms with E-state index in [9.17, 15) is 19.8 Å². The Labute approximate surface area is 259 Å². The third-order valence-corrected chi connectivity index (χ3v) is 6.04. The minimum absolute atomic E-state index is 0. The molecule has 0 heterocycles. The molecule has 3 aromatic rings. The van der Waals surface area contributed by atoms with Gasteiger partial charge in [-0.15, -0.1) is 24.8 Å². The molecule has 0 radical (unpaired) electrons. The first-order valence-corrected chi connectivity index (χ1v) is 12.9. The van der Waals surface area contributed by atoms with E-state index in [4.69, 9.17) is 11.5 Å². The van der Waals surface area contributed by atoms with E-state index in [2.05, 4.69) is 34.3 Å². The number of carbonyl (C=O) groups is 2. The van der Waals surface area contributed by atoms with Crippen molar-refractivity contribution in [1.82, 2.24) is 10.6 Å². The number of aliphatic hydroxyl groups excluding tert-OH is 2. The zero-order valence-electron chi connectivity index (χ0n) is 23.0. The molecule has 0 aromatic heterocycles. The molecule has 3 aromatic carbocycles. The minimum atomic E-state index is -1.08. The van der Waals surface area contributed by atoms with Crippen molar-refractivity contribution in [2.24, 2.45) is 11.5 Å². The molecule has 0 fully saturated rings. The normalized spacial score (nSPS) is 11.1. The number of aliphatic hydroxyl groups is 2. The van der Waals surface area contributed by atoms with Crippen LogP contribution in [0.1, 0.15) is 58.4 Å². The van der Waals surface area contributed by atoms with Gasteiger partial charge in [-0.05, 0) is 33.4 Å². The monoisotopic (exact) mass is 610 g/mol. The molecule has 42 heavy (non-hydrogen) atoms. The lowest BCUT2D eigenvalue weighted by Crippen LogP contribution is -2.21. The number of nitrogens with one attached hydrogen (secondary N) is 2. The summed E-state index contributed by atoms with van der Waals surface area (Å²) in [6.07, 6.45) is -2.25. The largest absolute Gasteiger partial charge is 0.376 e. The van der Waals surface area contributed by atoms with Crippen LogP contribution in [-0.4, -0.2) is 22.0 Å². The van der Waals surface area contributed by atoms with Crippen LogP contribution in [0, 0.1) is 23.7 Å². The van der Waals surface area contributed by atoms with E-state index in [0.29, 0.717) is 37.3 Å². The van der Waals surface area contributed by atoms with Crippen molar-refractivity contribution in [1.29, 1.82) is 0 Å². The maximum atomic E-state index is 12.0. The van der Waals surface area contributed by atoms with Crippen LogP contribution in [0.3, 0.4) is 0 Å². The van der Waals surface area contributed by atoms with Crippen LogP contribution in [0.4, 0.5) is 0 Å². The van der Waals surface area contributed by atoms with Crippen molar-refractivity contribution in [2.75, 3.05) is 0 Å². The summed E-state index contributed by atoms with van der Waals surface area (Å²) in [4.78, 5) is 24.1. The van der Waals surface area contributed by atoms with E-state index in [-0.39, 0.29) is 49.5 Å². The summed E-state index contributed by atoms with van der Waals surface area (Å²) in [5, 5.41) is 26.2. The van der Waals surface area contributed by atoms with Gasteiger partial charge in [-0.2, -0.15) is 0 Å². The Hall–Kier alpha value is -3.86. The fourth-order valence-corrected chi connectivity index (χ4v) is 3.60. The standard InChI is InChI=1S/C32H34N4O4.2ClH/c33-19-23-7-11-25(12-8-23)21-35-31(39)5-1-3-29(37)27-15-17-28(18-16-27)30(38)4-2-6-32(40)36-22-26-13-9-24(20-34)10-14-26;;/h7-18,29-30,37-38H,5-6,19-22,33-34H2,(H,35,39)(H,36,40);2*1H. The zero-order chi connectivity index (χ0) is 28.7. The molecule has 0 aliphatic heterocycles. The number of benzene rings is 3. The van der Waals surface area contributed by atoms with Gasteiger partial charge in [0.2, 0.25) is 11.8 Å². The van der Waals surface area contributed by atoms with E-state index in [0.717, 1.165) is 22.3 Å². The fourth-order valence-electron chi connectivity index (χ4n) is 3.60. The first-order valence-electron chi connectivity index (χ1n) is 12.9. The predicted octanol–water partition coefficient (Wildman–Crippen LogP) is 2.93. The lowest BCUT2D eigenvalue weighted by Gasteiger charge is -2.08. The van der Waals surface area contributed by atoms with E-state index in [1.165, 1.54) is 0 Å². The van der Waals surface area contributed by atoms with E-state index >= 15 is 0 Å². The summed E-state index contributed by atoms with van der Waals surface area (Å²) in [7, 11) is 0. The van der Waals surface area contributed by atoms with Crippen LogP contribution < -0.4 is 22.1 Å². The van der Waals surface area contributed by atoms with Gasteiger partial charge < -0.3 is 32.3 Å². The Bertz CT molecular complexity index is 1280. The maximum absolute atomic E-state index is 12.0. The van der Waals surface area contributed by atoms with Gasteiger partial charge >= 0.3 is 0 Å². The van der Waals surface area contributed by atoms with Gasteiger partial charge in [0.25, 0.3) is 0 Å². The van der Waals surface area contributed by atoms with Gasteiger partial charge in [0, 0.05) is 26.2 Å². The molecule has 2 atom stereocenters. The van der Waals surface area contributed by atoms with Gasteiger partial charge in [0.15, 0.2) is 0 Å². The second kappa shape index (κ2) is 19.3.